The topological polar surface area (TPSA) is 84.0 Å². The molecule has 3 aromatic rings. The quantitative estimate of drug-likeness (QED) is 0.349. The molecule has 0 saturated carbocycles. The van der Waals surface area contributed by atoms with Crippen molar-refractivity contribution in [2.45, 2.75) is 6.92 Å². The normalized spacial score (nSPS) is 13.5. The maximum atomic E-state index is 12.8. The average molecular weight is 417 g/mol. The molecule has 0 radical (unpaired) electrons. The molecule has 0 N–H and O–H groups in total. The third-order valence-corrected chi connectivity index (χ3v) is 4.71. The first kappa shape index (κ1) is 20.2. The number of hydrogen-bond donors (Lipinski definition) is 0. The first-order valence-electron chi connectivity index (χ1n) is 9.43. The van der Waals surface area contributed by atoms with Gasteiger partial charge in [0, 0.05) is 24.4 Å². The van der Waals surface area contributed by atoms with Crippen LogP contribution < -0.4 is 18.9 Å². The third-order valence-electron chi connectivity index (χ3n) is 4.71. The van der Waals surface area contributed by atoms with Crippen molar-refractivity contribution < 1.29 is 28.5 Å². The van der Waals surface area contributed by atoms with Gasteiger partial charge in [-0.2, -0.15) is 0 Å². The highest BCUT2D eigenvalue weighted by Gasteiger charge is 2.30. The van der Waals surface area contributed by atoms with E-state index in [0.29, 0.717) is 34.1 Å². The summed E-state index contributed by atoms with van der Waals surface area (Å²) in [5, 5.41) is 0. The monoisotopic (exact) mass is 417 g/mol. The minimum atomic E-state index is -0.592. The number of nitrogens with zero attached hydrogens (tertiary/aromatic N) is 1. The zero-order chi connectivity index (χ0) is 22.0. The van der Waals surface area contributed by atoms with E-state index in [9.17, 15) is 9.59 Å². The summed E-state index contributed by atoms with van der Waals surface area (Å²) in [7, 11) is 3.00. The molecule has 1 aliphatic rings. The molecule has 0 atom stereocenters. The molecule has 0 fully saturated rings. The van der Waals surface area contributed by atoms with Gasteiger partial charge in [0.05, 0.1) is 31.0 Å². The molecular weight excluding hydrogens is 398 g/mol. The van der Waals surface area contributed by atoms with Crippen LogP contribution in [0.1, 0.15) is 32.0 Å². The Kier molecular flexibility index (Phi) is 5.41. The highest BCUT2D eigenvalue weighted by Crippen LogP contribution is 2.37. The van der Waals surface area contributed by atoms with Gasteiger partial charge >= 0.3 is 5.97 Å². The van der Waals surface area contributed by atoms with Crippen LogP contribution in [0.15, 0.2) is 60.5 Å². The number of carbonyl (C=O) groups excluding carboxylic acids is 2. The Balaban J connectivity index is 1.60. The van der Waals surface area contributed by atoms with Gasteiger partial charge in [-0.1, -0.05) is 6.07 Å². The van der Waals surface area contributed by atoms with Crippen LogP contribution in [0.2, 0.25) is 0 Å². The smallest absolute Gasteiger partial charge is 0.343 e. The number of methoxy groups -OCH3 is 2. The van der Waals surface area contributed by atoms with Crippen molar-refractivity contribution in [1.82, 2.24) is 4.98 Å². The van der Waals surface area contributed by atoms with Gasteiger partial charge in [-0.25, -0.2) is 4.79 Å². The summed E-state index contributed by atoms with van der Waals surface area (Å²) in [5.74, 6) is 0.856. The van der Waals surface area contributed by atoms with E-state index in [1.807, 2.05) is 6.07 Å². The number of Topliss-reactive ketones (excluding diaryl/α,β-unsaturated/α-hetero) is 1. The Morgan fingerprint density at radius 2 is 1.74 bits per heavy atom. The lowest BCUT2D eigenvalue weighted by Gasteiger charge is -2.10. The molecule has 1 aromatic heterocycles. The molecule has 0 saturated heterocycles. The first-order chi connectivity index (χ1) is 15.0. The standard InChI is InChI=1S/C24H19NO6/c1-14-8-19(30-24(27)15-9-17(28-2)12-18(10-15)29-3)13-20-22(14)23(26)21(31-20)11-16-6-4-5-7-25-16/h4-13H,1-3H3/b21-11-. The van der Waals surface area contributed by atoms with Crippen molar-refractivity contribution in [2.24, 2.45) is 0 Å². The number of fused-ring (bicyclic) bond motifs is 1. The second-order valence-electron chi connectivity index (χ2n) is 6.80. The summed E-state index contributed by atoms with van der Waals surface area (Å²) in [4.78, 5) is 29.6. The van der Waals surface area contributed by atoms with Crippen LogP contribution in [0.5, 0.6) is 23.0 Å². The van der Waals surface area contributed by atoms with Crippen LogP contribution in [0.4, 0.5) is 0 Å². The summed E-state index contributed by atoms with van der Waals surface area (Å²) in [6.45, 7) is 1.76. The molecule has 2 aromatic carbocycles. The van der Waals surface area contributed by atoms with Crippen LogP contribution in [-0.2, 0) is 0 Å². The zero-order valence-corrected chi connectivity index (χ0v) is 17.2. The Morgan fingerprint density at radius 1 is 1.00 bits per heavy atom. The Hall–Kier alpha value is -4.13. The predicted molar refractivity (Wildman–Crippen MR) is 113 cm³/mol. The highest BCUT2D eigenvalue weighted by atomic mass is 16.5. The fourth-order valence-corrected chi connectivity index (χ4v) is 3.22. The van der Waals surface area contributed by atoms with E-state index in [1.165, 1.54) is 20.3 Å². The molecule has 1 aliphatic heterocycles. The number of aryl methyl sites for hydroxylation is 1. The molecule has 0 aliphatic carbocycles. The fourth-order valence-electron chi connectivity index (χ4n) is 3.22. The zero-order valence-electron chi connectivity index (χ0n) is 17.2. The lowest BCUT2D eigenvalue weighted by molar-refractivity contribution is 0.0733. The molecule has 7 heteroatoms. The lowest BCUT2D eigenvalue weighted by Crippen LogP contribution is -2.09. The van der Waals surface area contributed by atoms with Gasteiger partial charge in [0.1, 0.15) is 23.0 Å². The molecule has 0 amide bonds. The number of hydrogen-bond acceptors (Lipinski definition) is 7. The van der Waals surface area contributed by atoms with Gasteiger partial charge in [-0.05, 0) is 42.8 Å². The molecule has 0 bridgehead atoms. The number of carbonyl (C=O) groups is 2. The third kappa shape index (κ3) is 4.11. The van der Waals surface area contributed by atoms with Crippen molar-refractivity contribution >= 4 is 17.8 Å². The Morgan fingerprint density at radius 3 is 2.39 bits per heavy atom. The van der Waals surface area contributed by atoms with Crippen LogP contribution in [-0.4, -0.2) is 31.0 Å². The number of allylic oxidation sites excluding steroid dienone is 1. The minimum Gasteiger partial charge on any atom is -0.497 e. The van der Waals surface area contributed by atoms with Crippen LogP contribution in [0.25, 0.3) is 6.08 Å². The number of aromatic nitrogens is 1. The second kappa shape index (κ2) is 8.31. The number of rotatable bonds is 5. The summed E-state index contributed by atoms with van der Waals surface area (Å²) in [6, 6.07) is 13.3. The van der Waals surface area contributed by atoms with E-state index in [4.69, 9.17) is 18.9 Å². The maximum Gasteiger partial charge on any atom is 0.343 e. The van der Waals surface area contributed by atoms with Crippen molar-refractivity contribution in [2.75, 3.05) is 14.2 Å². The van der Waals surface area contributed by atoms with Crippen LogP contribution >= 0.6 is 0 Å². The largest absolute Gasteiger partial charge is 0.497 e. The van der Waals surface area contributed by atoms with E-state index in [-0.39, 0.29) is 22.9 Å². The second-order valence-corrected chi connectivity index (χ2v) is 6.80. The summed E-state index contributed by atoms with van der Waals surface area (Å²) < 4.78 is 21.7. The van der Waals surface area contributed by atoms with Gasteiger partial charge in [0.25, 0.3) is 0 Å². The van der Waals surface area contributed by atoms with E-state index < -0.39 is 5.97 Å². The number of esters is 1. The van der Waals surface area contributed by atoms with Crippen molar-refractivity contribution in [3.63, 3.8) is 0 Å². The molecule has 0 spiro atoms. The molecule has 156 valence electrons. The van der Waals surface area contributed by atoms with Gasteiger partial charge in [-0.3, -0.25) is 9.78 Å². The highest BCUT2D eigenvalue weighted by molar-refractivity contribution is 6.15. The van der Waals surface area contributed by atoms with Crippen molar-refractivity contribution in [3.05, 3.63) is 82.9 Å². The van der Waals surface area contributed by atoms with Crippen molar-refractivity contribution in [3.8, 4) is 23.0 Å². The first-order valence-corrected chi connectivity index (χ1v) is 9.43. The average Bonchev–Trinajstić information content (AvgIpc) is 3.09. The van der Waals surface area contributed by atoms with E-state index >= 15 is 0 Å². The summed E-state index contributed by atoms with van der Waals surface area (Å²) in [6.07, 6.45) is 3.21. The van der Waals surface area contributed by atoms with Gasteiger partial charge < -0.3 is 18.9 Å². The maximum absolute atomic E-state index is 12.8. The SMILES string of the molecule is COc1cc(OC)cc(C(=O)Oc2cc(C)c3c(c2)O/C(=C\c2ccccn2)C3=O)c1. The van der Waals surface area contributed by atoms with Gasteiger partial charge in [0.2, 0.25) is 5.78 Å². The van der Waals surface area contributed by atoms with Crippen LogP contribution in [0.3, 0.4) is 0 Å². The molecule has 31 heavy (non-hydrogen) atoms. The van der Waals surface area contributed by atoms with Gasteiger partial charge in [-0.15, -0.1) is 0 Å². The molecule has 2 heterocycles. The van der Waals surface area contributed by atoms with E-state index in [1.54, 1.807) is 55.6 Å². The molecule has 0 unspecified atom stereocenters. The van der Waals surface area contributed by atoms with Crippen LogP contribution in [0, 0.1) is 6.92 Å². The fraction of sp³-hybridized carbons (Fsp3) is 0.125. The van der Waals surface area contributed by atoms with E-state index in [2.05, 4.69) is 4.98 Å². The van der Waals surface area contributed by atoms with Gasteiger partial charge in [0.15, 0.2) is 5.76 Å². The lowest BCUT2D eigenvalue weighted by atomic mass is 10.0. The Labute approximate surface area is 178 Å². The Bertz CT molecular complexity index is 1180. The van der Waals surface area contributed by atoms with Crippen molar-refractivity contribution in [1.29, 1.82) is 0 Å². The summed E-state index contributed by atoms with van der Waals surface area (Å²) in [5.41, 5.74) is 1.94. The number of ketones is 1. The predicted octanol–water partition coefficient (Wildman–Crippen LogP) is 4.24. The molecular formula is C24H19NO6. The summed E-state index contributed by atoms with van der Waals surface area (Å²) >= 11 is 0. The van der Waals surface area contributed by atoms with E-state index in [0.717, 1.165) is 0 Å². The number of ether oxygens (including phenoxy) is 4. The number of benzene rings is 2. The number of pyridine rings is 1. The molecule has 4 rings (SSSR count). The minimum absolute atomic E-state index is 0.165. The molecule has 7 nitrogen and oxygen atoms in total.